The van der Waals surface area contributed by atoms with E-state index in [1.54, 1.807) is 19.2 Å². The topological polar surface area (TPSA) is 83.0 Å². The highest BCUT2D eigenvalue weighted by Gasteiger charge is 2.42. The first-order valence-electron chi connectivity index (χ1n) is 10.3. The summed E-state index contributed by atoms with van der Waals surface area (Å²) >= 11 is 5.94. The van der Waals surface area contributed by atoms with Gasteiger partial charge in [-0.1, -0.05) is 35.9 Å². The fourth-order valence-electron chi connectivity index (χ4n) is 3.93. The first-order valence-corrected chi connectivity index (χ1v) is 10.6. The number of aliphatic imine (C=N–C) groups is 1. The highest BCUT2D eigenvalue weighted by molar-refractivity contribution is 6.47. The highest BCUT2D eigenvalue weighted by Crippen LogP contribution is 2.29. The maximum Gasteiger partial charge on any atom is 0.272 e. The third kappa shape index (κ3) is 5.06. The van der Waals surface area contributed by atoms with Crippen LogP contribution in [0.25, 0.3) is 0 Å². The van der Waals surface area contributed by atoms with Crippen LogP contribution in [0.2, 0.25) is 5.02 Å². The molecule has 0 aliphatic carbocycles. The molecule has 2 aromatic carbocycles. The van der Waals surface area contributed by atoms with Crippen LogP contribution in [-0.4, -0.2) is 54.8 Å². The monoisotopic (exact) mass is 440 g/mol. The van der Waals surface area contributed by atoms with Crippen molar-refractivity contribution in [2.45, 2.75) is 25.0 Å². The Hall–Kier alpha value is -2.90. The third-order valence-electron chi connectivity index (χ3n) is 5.68. The number of methoxy groups -OCH3 is 1. The SMILES string of the molecule is COc1cccc(CNC(=O)CN2CCC3(CC2)N=C(c2ccc(Cl)cc2)C(=O)N3)c1. The fraction of sp³-hybridized carbons (Fsp3) is 0.348. The molecule has 0 unspecified atom stereocenters. The van der Waals surface area contributed by atoms with E-state index < -0.39 is 5.66 Å². The summed E-state index contributed by atoms with van der Waals surface area (Å²) in [7, 11) is 1.62. The van der Waals surface area contributed by atoms with E-state index in [0.29, 0.717) is 49.8 Å². The van der Waals surface area contributed by atoms with Gasteiger partial charge in [-0.3, -0.25) is 19.5 Å². The number of halogens is 1. The molecule has 7 nitrogen and oxygen atoms in total. The number of carbonyl (C=O) groups is 2. The minimum Gasteiger partial charge on any atom is -0.497 e. The minimum atomic E-state index is -0.584. The lowest BCUT2D eigenvalue weighted by Gasteiger charge is -2.36. The van der Waals surface area contributed by atoms with Crippen LogP contribution < -0.4 is 15.4 Å². The summed E-state index contributed by atoms with van der Waals surface area (Å²) in [6.45, 7) is 2.15. The summed E-state index contributed by atoms with van der Waals surface area (Å²) in [4.78, 5) is 31.7. The highest BCUT2D eigenvalue weighted by atomic mass is 35.5. The predicted octanol–water partition coefficient (Wildman–Crippen LogP) is 2.38. The Bertz CT molecular complexity index is 998. The van der Waals surface area contributed by atoms with Crippen LogP contribution in [0.1, 0.15) is 24.0 Å². The van der Waals surface area contributed by atoms with Crippen molar-refractivity contribution in [3.05, 3.63) is 64.7 Å². The fourth-order valence-corrected chi connectivity index (χ4v) is 4.05. The van der Waals surface area contributed by atoms with Crippen LogP contribution in [0.15, 0.2) is 53.5 Å². The Morgan fingerprint density at radius 3 is 2.68 bits per heavy atom. The van der Waals surface area contributed by atoms with Gasteiger partial charge in [-0.2, -0.15) is 0 Å². The zero-order chi connectivity index (χ0) is 21.8. The van der Waals surface area contributed by atoms with E-state index in [4.69, 9.17) is 21.3 Å². The lowest BCUT2D eigenvalue weighted by atomic mass is 9.98. The molecular weight excluding hydrogens is 416 g/mol. The quantitative estimate of drug-likeness (QED) is 0.722. The Kier molecular flexibility index (Phi) is 6.25. The van der Waals surface area contributed by atoms with Gasteiger partial charge < -0.3 is 15.4 Å². The predicted molar refractivity (Wildman–Crippen MR) is 119 cm³/mol. The minimum absolute atomic E-state index is 0.0282. The van der Waals surface area contributed by atoms with Gasteiger partial charge in [0.05, 0.1) is 13.7 Å². The lowest BCUT2D eigenvalue weighted by Crippen LogP contribution is -2.52. The van der Waals surface area contributed by atoms with Gasteiger partial charge in [0, 0.05) is 43.1 Å². The van der Waals surface area contributed by atoms with E-state index in [2.05, 4.69) is 15.5 Å². The van der Waals surface area contributed by atoms with Gasteiger partial charge >= 0.3 is 0 Å². The van der Waals surface area contributed by atoms with E-state index in [9.17, 15) is 9.59 Å². The number of piperidine rings is 1. The van der Waals surface area contributed by atoms with Crippen molar-refractivity contribution in [1.82, 2.24) is 15.5 Å². The van der Waals surface area contributed by atoms with E-state index in [1.807, 2.05) is 36.4 Å². The summed E-state index contributed by atoms with van der Waals surface area (Å²) in [5.74, 6) is 0.580. The van der Waals surface area contributed by atoms with Gasteiger partial charge in [0.2, 0.25) is 5.91 Å². The molecule has 1 fully saturated rings. The molecule has 31 heavy (non-hydrogen) atoms. The number of carbonyl (C=O) groups excluding carboxylic acids is 2. The number of nitrogens with zero attached hydrogens (tertiary/aromatic N) is 2. The van der Waals surface area contributed by atoms with E-state index in [-0.39, 0.29) is 11.8 Å². The largest absolute Gasteiger partial charge is 0.497 e. The normalized spacial score (nSPS) is 17.9. The molecule has 0 aromatic heterocycles. The smallest absolute Gasteiger partial charge is 0.272 e. The summed E-state index contributed by atoms with van der Waals surface area (Å²) < 4.78 is 5.21. The molecule has 8 heteroatoms. The lowest BCUT2D eigenvalue weighted by molar-refractivity contribution is -0.123. The Morgan fingerprint density at radius 2 is 1.97 bits per heavy atom. The number of ether oxygens (including phenoxy) is 1. The molecule has 2 aliphatic heterocycles. The molecule has 2 amide bonds. The van der Waals surface area contributed by atoms with Crippen molar-refractivity contribution in [2.24, 2.45) is 4.99 Å². The van der Waals surface area contributed by atoms with Crippen molar-refractivity contribution in [3.63, 3.8) is 0 Å². The number of amides is 2. The Balaban J connectivity index is 1.29. The maximum atomic E-state index is 12.5. The molecule has 162 valence electrons. The van der Waals surface area contributed by atoms with Crippen LogP contribution in [0.3, 0.4) is 0 Å². The molecule has 0 atom stereocenters. The second kappa shape index (κ2) is 9.08. The zero-order valence-electron chi connectivity index (χ0n) is 17.4. The number of benzene rings is 2. The zero-order valence-corrected chi connectivity index (χ0v) is 18.1. The first-order chi connectivity index (χ1) is 15.0. The van der Waals surface area contributed by atoms with Crippen molar-refractivity contribution in [1.29, 1.82) is 0 Å². The van der Waals surface area contributed by atoms with Crippen LogP contribution in [0, 0.1) is 0 Å². The standard InChI is InChI=1S/C23H25ClN4O3/c1-31-19-4-2-3-16(13-19)14-25-20(29)15-28-11-9-23(10-12-28)26-21(22(30)27-23)17-5-7-18(24)8-6-17/h2-8,13H,9-12,14-15H2,1H3,(H,25,29)(H,27,30). The summed E-state index contributed by atoms with van der Waals surface area (Å²) in [5, 5.41) is 6.62. The van der Waals surface area contributed by atoms with Gasteiger partial charge in [-0.05, 0) is 29.8 Å². The van der Waals surface area contributed by atoms with Crippen LogP contribution in [0.5, 0.6) is 5.75 Å². The van der Waals surface area contributed by atoms with Crippen LogP contribution in [0.4, 0.5) is 0 Å². The summed E-state index contributed by atoms with van der Waals surface area (Å²) in [6.07, 6.45) is 1.33. The van der Waals surface area contributed by atoms with Gasteiger partial charge in [0.15, 0.2) is 0 Å². The Morgan fingerprint density at radius 1 is 1.23 bits per heavy atom. The maximum absolute atomic E-state index is 12.5. The summed E-state index contributed by atoms with van der Waals surface area (Å²) in [6, 6.07) is 14.8. The average molecular weight is 441 g/mol. The third-order valence-corrected chi connectivity index (χ3v) is 5.93. The molecule has 2 heterocycles. The van der Waals surface area contributed by atoms with Crippen LogP contribution >= 0.6 is 11.6 Å². The number of hydrogen-bond donors (Lipinski definition) is 2. The van der Waals surface area contributed by atoms with Gasteiger partial charge in [0.1, 0.15) is 17.1 Å². The van der Waals surface area contributed by atoms with E-state index in [1.165, 1.54) is 0 Å². The number of rotatable bonds is 6. The Labute approximate surface area is 186 Å². The van der Waals surface area contributed by atoms with Gasteiger partial charge in [-0.25, -0.2) is 0 Å². The van der Waals surface area contributed by atoms with E-state index in [0.717, 1.165) is 16.9 Å². The molecular formula is C23H25ClN4O3. The van der Waals surface area contributed by atoms with Crippen molar-refractivity contribution < 1.29 is 14.3 Å². The molecule has 2 N–H and O–H groups in total. The average Bonchev–Trinajstić information content (AvgIpc) is 3.10. The molecule has 0 bridgehead atoms. The summed E-state index contributed by atoms with van der Waals surface area (Å²) in [5.41, 5.74) is 1.61. The first kappa shape index (κ1) is 21.3. The number of hydrogen-bond acceptors (Lipinski definition) is 5. The van der Waals surface area contributed by atoms with Crippen molar-refractivity contribution in [2.75, 3.05) is 26.7 Å². The molecule has 4 rings (SSSR count). The molecule has 0 saturated carbocycles. The van der Waals surface area contributed by atoms with Crippen molar-refractivity contribution in [3.8, 4) is 5.75 Å². The second-order valence-corrected chi connectivity index (χ2v) is 8.29. The molecule has 0 radical (unpaired) electrons. The molecule has 1 saturated heterocycles. The molecule has 2 aromatic rings. The van der Waals surface area contributed by atoms with Gasteiger partial charge in [0.25, 0.3) is 5.91 Å². The van der Waals surface area contributed by atoms with Crippen molar-refractivity contribution >= 4 is 29.1 Å². The van der Waals surface area contributed by atoms with Crippen LogP contribution in [-0.2, 0) is 16.1 Å². The number of likely N-dealkylation sites (tertiary alicyclic amines) is 1. The van der Waals surface area contributed by atoms with E-state index >= 15 is 0 Å². The second-order valence-electron chi connectivity index (χ2n) is 7.86. The molecule has 2 aliphatic rings. The van der Waals surface area contributed by atoms with Gasteiger partial charge in [-0.15, -0.1) is 0 Å². The number of nitrogens with one attached hydrogen (secondary N) is 2. The molecule has 1 spiro atoms.